The molecule has 0 aromatic rings. The number of nitrogens with one attached hydrogen (secondary N) is 1. The molecular formula is C7H16N2OS. The lowest BCUT2D eigenvalue weighted by Gasteiger charge is -2.27. The minimum atomic E-state index is -2.41. The molecule has 0 aromatic heterocycles. The fourth-order valence-electron chi connectivity index (χ4n) is 0.772. The third-order valence-electron chi connectivity index (χ3n) is 1.80. The first-order chi connectivity index (χ1) is 4.46. The number of nitrogens with zero attached hydrogens (tertiary/aromatic N) is 1. The van der Waals surface area contributed by atoms with Gasteiger partial charge in [-0.2, -0.15) is 0 Å². The summed E-state index contributed by atoms with van der Waals surface area (Å²) in [7, 11) is -2.41. The van der Waals surface area contributed by atoms with Gasteiger partial charge in [0.1, 0.15) is 0 Å². The smallest absolute Gasteiger partial charge is 0.0680 e. The van der Waals surface area contributed by atoms with Gasteiger partial charge in [-0.3, -0.25) is 9.77 Å². The molecule has 1 rings (SSSR count). The van der Waals surface area contributed by atoms with E-state index in [1.165, 1.54) is 0 Å². The molecule has 0 saturated heterocycles. The Kier molecular flexibility index (Phi) is 2.83. The van der Waals surface area contributed by atoms with Gasteiger partial charge >= 0.3 is 0 Å². The van der Waals surface area contributed by atoms with Crippen molar-refractivity contribution in [3.05, 3.63) is 0 Å². The van der Waals surface area contributed by atoms with Crippen LogP contribution in [-0.2, 0) is 9.73 Å². The normalized spacial score (nSPS) is 34.4. The molecule has 0 fully saturated rings. The Hall–Kier alpha value is -0.380. The monoisotopic (exact) mass is 176 g/mol. The van der Waals surface area contributed by atoms with Gasteiger partial charge in [-0.1, -0.05) is 7.43 Å². The van der Waals surface area contributed by atoms with Crippen LogP contribution in [0.4, 0.5) is 0 Å². The Bertz CT molecular complexity index is 252. The molecule has 1 heterocycles. The molecule has 0 aliphatic carbocycles. The topological polar surface area (TPSA) is 53.3 Å². The first kappa shape index (κ1) is 10.6. The fourth-order valence-corrected chi connectivity index (χ4v) is 1.82. The van der Waals surface area contributed by atoms with E-state index in [1.54, 1.807) is 6.21 Å². The largest absolute Gasteiger partial charge is 0.295 e. The molecule has 3 nitrogen and oxygen atoms in total. The highest BCUT2D eigenvalue weighted by Gasteiger charge is 2.31. The molecule has 1 atom stereocenters. The number of aliphatic imine (C=N–C) groups is 1. The molecule has 1 N–H and O–H groups in total. The second kappa shape index (κ2) is 2.93. The first-order valence-electron chi connectivity index (χ1n) is 3.20. The van der Waals surface area contributed by atoms with Gasteiger partial charge in [0.15, 0.2) is 0 Å². The van der Waals surface area contributed by atoms with Crippen LogP contribution in [0.25, 0.3) is 0 Å². The zero-order chi connectivity index (χ0) is 7.83. The van der Waals surface area contributed by atoms with Crippen LogP contribution in [0, 0.1) is 4.78 Å². The van der Waals surface area contributed by atoms with Gasteiger partial charge in [0.2, 0.25) is 0 Å². The van der Waals surface area contributed by atoms with Crippen molar-refractivity contribution in [1.82, 2.24) is 0 Å². The van der Waals surface area contributed by atoms with Crippen LogP contribution in [0.3, 0.4) is 0 Å². The van der Waals surface area contributed by atoms with E-state index in [-0.39, 0.29) is 7.43 Å². The summed E-state index contributed by atoms with van der Waals surface area (Å²) in [6.45, 7) is 4.19. The van der Waals surface area contributed by atoms with Crippen LogP contribution in [0.15, 0.2) is 4.99 Å². The van der Waals surface area contributed by atoms with E-state index in [0.717, 1.165) is 0 Å². The molecule has 0 radical (unpaired) electrons. The maximum absolute atomic E-state index is 11.4. The molecule has 0 saturated carbocycles. The van der Waals surface area contributed by atoms with Gasteiger partial charge in [-0.15, -0.1) is 0 Å². The number of hydrogen-bond donors (Lipinski definition) is 1. The summed E-state index contributed by atoms with van der Waals surface area (Å²) in [5.74, 6) is 0.319. The lowest BCUT2D eigenvalue weighted by Crippen LogP contribution is -2.39. The second-order valence-electron chi connectivity index (χ2n) is 3.12. The molecule has 4 heteroatoms. The first-order valence-corrected chi connectivity index (χ1v) is 4.93. The minimum absolute atomic E-state index is 0. The van der Waals surface area contributed by atoms with Gasteiger partial charge in [0.05, 0.1) is 26.8 Å². The van der Waals surface area contributed by atoms with Crippen molar-refractivity contribution in [2.45, 2.75) is 26.0 Å². The van der Waals surface area contributed by atoms with Crippen LogP contribution in [0.2, 0.25) is 0 Å². The third-order valence-corrected chi connectivity index (χ3v) is 4.34. The molecule has 66 valence electrons. The van der Waals surface area contributed by atoms with Crippen molar-refractivity contribution in [2.75, 3.05) is 12.3 Å². The van der Waals surface area contributed by atoms with E-state index in [0.29, 0.717) is 12.3 Å². The molecule has 0 bridgehead atoms. The van der Waals surface area contributed by atoms with Crippen LogP contribution in [0.5, 0.6) is 0 Å². The Morgan fingerprint density at radius 2 is 2.18 bits per heavy atom. The summed E-state index contributed by atoms with van der Waals surface area (Å²) in [6.07, 6.45) is 1.60. The van der Waals surface area contributed by atoms with Gasteiger partial charge in [0, 0.05) is 6.21 Å². The minimum Gasteiger partial charge on any atom is -0.295 e. The van der Waals surface area contributed by atoms with Gasteiger partial charge in [0.25, 0.3) is 0 Å². The van der Waals surface area contributed by atoms with Crippen molar-refractivity contribution < 1.29 is 4.21 Å². The van der Waals surface area contributed by atoms with E-state index in [2.05, 4.69) is 4.99 Å². The molecule has 0 amide bonds. The highest BCUT2D eigenvalue weighted by atomic mass is 32.2. The molecule has 0 spiro atoms. The van der Waals surface area contributed by atoms with E-state index >= 15 is 0 Å². The lowest BCUT2D eigenvalue weighted by atomic mass is 10.2. The van der Waals surface area contributed by atoms with Crippen LogP contribution < -0.4 is 0 Å². The van der Waals surface area contributed by atoms with Gasteiger partial charge in [-0.25, -0.2) is 4.21 Å². The summed E-state index contributed by atoms with van der Waals surface area (Å²) in [5, 5.41) is 0. The van der Waals surface area contributed by atoms with Crippen LogP contribution >= 0.6 is 0 Å². The average molecular weight is 176 g/mol. The summed E-state index contributed by atoms with van der Waals surface area (Å²) in [5.41, 5.74) is 0. The van der Waals surface area contributed by atoms with E-state index < -0.39 is 14.5 Å². The van der Waals surface area contributed by atoms with Crippen molar-refractivity contribution in [1.29, 1.82) is 4.78 Å². The second-order valence-corrected chi connectivity index (χ2v) is 5.91. The summed E-state index contributed by atoms with van der Waals surface area (Å²) < 4.78 is 18.5. The van der Waals surface area contributed by atoms with E-state index in [4.69, 9.17) is 4.78 Å². The molecular weight excluding hydrogens is 160 g/mol. The maximum atomic E-state index is 11.4. The average Bonchev–Trinajstić information content (AvgIpc) is 1.77. The van der Waals surface area contributed by atoms with E-state index in [1.807, 2.05) is 13.8 Å². The van der Waals surface area contributed by atoms with Crippen molar-refractivity contribution in [3.63, 3.8) is 0 Å². The summed E-state index contributed by atoms with van der Waals surface area (Å²) in [4.78, 5) is 4.00. The Morgan fingerprint density at radius 1 is 1.64 bits per heavy atom. The molecule has 11 heavy (non-hydrogen) atoms. The predicted octanol–water partition coefficient (Wildman–Crippen LogP) is 1.53. The molecule has 1 unspecified atom stereocenters. The zero-order valence-electron chi connectivity index (χ0n) is 6.26. The molecule has 1 aliphatic heterocycles. The maximum Gasteiger partial charge on any atom is 0.0680 e. The van der Waals surface area contributed by atoms with Crippen molar-refractivity contribution >= 4 is 15.9 Å². The standard InChI is InChI=1S/C6H12N2OS.CH4/c1-6(2)5-8-3-4-10(6,7)9;/h3,7H,4-5H2,1-2H3;1H4. The quantitative estimate of drug-likeness (QED) is 0.598. The predicted molar refractivity (Wildman–Crippen MR) is 49.9 cm³/mol. The lowest BCUT2D eigenvalue weighted by molar-refractivity contribution is 0.618. The third kappa shape index (κ3) is 1.80. The molecule has 1 aliphatic rings. The van der Waals surface area contributed by atoms with Crippen molar-refractivity contribution in [2.24, 2.45) is 4.99 Å². The highest BCUT2D eigenvalue weighted by molar-refractivity contribution is 7.94. The highest BCUT2D eigenvalue weighted by Crippen LogP contribution is 2.20. The van der Waals surface area contributed by atoms with Gasteiger partial charge in [-0.05, 0) is 13.8 Å². The Labute approximate surface area is 68.9 Å². The van der Waals surface area contributed by atoms with Crippen LogP contribution in [0.1, 0.15) is 21.3 Å². The van der Waals surface area contributed by atoms with Crippen molar-refractivity contribution in [3.8, 4) is 0 Å². The number of hydrogen-bond acceptors (Lipinski definition) is 3. The van der Waals surface area contributed by atoms with E-state index in [9.17, 15) is 4.21 Å². The van der Waals surface area contributed by atoms with Crippen LogP contribution in [-0.4, -0.2) is 27.5 Å². The molecule has 0 aromatic carbocycles. The zero-order valence-corrected chi connectivity index (χ0v) is 7.07. The van der Waals surface area contributed by atoms with Gasteiger partial charge < -0.3 is 0 Å². The summed E-state index contributed by atoms with van der Waals surface area (Å²) >= 11 is 0. The fraction of sp³-hybridized carbons (Fsp3) is 0.857. The number of rotatable bonds is 0. The Morgan fingerprint density at radius 3 is 2.45 bits per heavy atom. The SMILES string of the molecule is C.CC1(C)CN=CCS1(=N)=O. The summed E-state index contributed by atoms with van der Waals surface area (Å²) in [6, 6.07) is 0. The Balaban J connectivity index is 0.000001000.